The van der Waals surface area contributed by atoms with E-state index >= 15 is 0 Å². The highest BCUT2D eigenvalue weighted by molar-refractivity contribution is 7.15. The van der Waals surface area contributed by atoms with Crippen molar-refractivity contribution in [3.05, 3.63) is 40.4 Å². The molecule has 1 heterocycles. The molecular weight excluding hydrogens is 306 g/mol. The van der Waals surface area contributed by atoms with E-state index in [1.54, 1.807) is 0 Å². The molecule has 2 aromatic rings. The van der Waals surface area contributed by atoms with Crippen LogP contribution in [0.25, 0.3) is 0 Å². The summed E-state index contributed by atoms with van der Waals surface area (Å²) in [6, 6.07) is 8.31. The second-order valence-electron chi connectivity index (χ2n) is 6.31. The van der Waals surface area contributed by atoms with Gasteiger partial charge in [0.05, 0.1) is 0 Å². The maximum atomic E-state index is 12.1. The Hall–Kier alpha value is -1.75. The van der Waals surface area contributed by atoms with Crippen LogP contribution in [0.15, 0.2) is 24.3 Å². The predicted molar refractivity (Wildman–Crippen MR) is 93.9 cm³/mol. The quantitative estimate of drug-likeness (QED) is 0.881. The first-order chi connectivity index (χ1) is 11.2. The molecule has 0 saturated heterocycles. The van der Waals surface area contributed by atoms with Crippen molar-refractivity contribution >= 4 is 22.4 Å². The summed E-state index contributed by atoms with van der Waals surface area (Å²) in [7, 11) is 0. The molecule has 1 aliphatic carbocycles. The molecule has 0 unspecified atom stereocenters. The van der Waals surface area contributed by atoms with Crippen LogP contribution in [-0.4, -0.2) is 16.1 Å². The minimum absolute atomic E-state index is 0.0110. The highest BCUT2D eigenvalue weighted by atomic mass is 32.1. The van der Waals surface area contributed by atoms with Gasteiger partial charge in [-0.25, -0.2) is 0 Å². The van der Waals surface area contributed by atoms with Crippen molar-refractivity contribution in [2.45, 2.75) is 57.8 Å². The third-order valence-corrected chi connectivity index (χ3v) is 5.40. The fourth-order valence-corrected chi connectivity index (χ4v) is 3.92. The smallest absolute Gasteiger partial charge is 0.226 e. The number of carbonyl (C=O) groups is 1. The van der Waals surface area contributed by atoms with E-state index in [-0.39, 0.29) is 5.91 Å². The van der Waals surface area contributed by atoms with Crippen molar-refractivity contribution in [3.63, 3.8) is 0 Å². The average molecular weight is 329 g/mol. The maximum Gasteiger partial charge on any atom is 0.226 e. The minimum atomic E-state index is 0.0110. The molecule has 0 bridgehead atoms. The molecule has 122 valence electrons. The molecule has 1 aromatic carbocycles. The van der Waals surface area contributed by atoms with Gasteiger partial charge in [-0.1, -0.05) is 60.4 Å². The standard InChI is InChI=1S/C18H23N3OS/c1-13-7-9-14(10-8-13)11-12-16(22)19-18-21-20-17(23-18)15-5-3-2-4-6-15/h7-10,15H,2-6,11-12H2,1H3,(H,19,21,22). The molecule has 1 saturated carbocycles. The van der Waals surface area contributed by atoms with Crippen LogP contribution in [-0.2, 0) is 11.2 Å². The van der Waals surface area contributed by atoms with Gasteiger partial charge in [0.2, 0.25) is 11.0 Å². The third kappa shape index (κ3) is 4.61. The minimum Gasteiger partial charge on any atom is -0.301 e. The fraction of sp³-hybridized carbons (Fsp3) is 0.500. The van der Waals surface area contributed by atoms with Crippen molar-refractivity contribution < 1.29 is 4.79 Å². The molecule has 1 fully saturated rings. The van der Waals surface area contributed by atoms with Gasteiger partial charge in [0.15, 0.2) is 0 Å². The summed E-state index contributed by atoms with van der Waals surface area (Å²) in [5.74, 6) is 0.552. The van der Waals surface area contributed by atoms with Crippen molar-refractivity contribution in [1.29, 1.82) is 0 Å². The molecule has 23 heavy (non-hydrogen) atoms. The van der Waals surface area contributed by atoms with Gasteiger partial charge >= 0.3 is 0 Å². The number of hydrogen-bond donors (Lipinski definition) is 1. The lowest BCUT2D eigenvalue weighted by molar-refractivity contribution is -0.116. The van der Waals surface area contributed by atoms with Gasteiger partial charge < -0.3 is 5.32 Å². The molecule has 1 aliphatic rings. The molecule has 1 amide bonds. The van der Waals surface area contributed by atoms with Crippen LogP contribution in [0, 0.1) is 6.92 Å². The lowest BCUT2D eigenvalue weighted by atomic mass is 9.90. The molecule has 0 spiro atoms. The van der Waals surface area contributed by atoms with Gasteiger partial charge in [-0.3, -0.25) is 4.79 Å². The highest BCUT2D eigenvalue weighted by Crippen LogP contribution is 2.35. The molecular formula is C18H23N3OS. The maximum absolute atomic E-state index is 12.1. The van der Waals surface area contributed by atoms with Crippen LogP contribution >= 0.6 is 11.3 Å². The Morgan fingerprint density at radius 3 is 2.65 bits per heavy atom. The molecule has 5 heteroatoms. The Balaban J connectivity index is 1.49. The molecule has 4 nitrogen and oxygen atoms in total. The summed E-state index contributed by atoms with van der Waals surface area (Å²) in [5.41, 5.74) is 2.42. The molecule has 1 aromatic heterocycles. The van der Waals surface area contributed by atoms with E-state index in [0.717, 1.165) is 11.4 Å². The number of aryl methyl sites for hydroxylation is 2. The van der Waals surface area contributed by atoms with Crippen LogP contribution in [0.2, 0.25) is 0 Å². The fourth-order valence-electron chi connectivity index (χ4n) is 2.99. The topological polar surface area (TPSA) is 54.9 Å². The Labute approximate surface area is 141 Å². The molecule has 0 radical (unpaired) electrons. The number of hydrogen-bond acceptors (Lipinski definition) is 4. The van der Waals surface area contributed by atoms with Gasteiger partial charge in [0, 0.05) is 12.3 Å². The molecule has 1 N–H and O–H groups in total. The summed E-state index contributed by atoms with van der Waals surface area (Å²) in [4.78, 5) is 12.1. The first kappa shape index (κ1) is 16.1. The zero-order chi connectivity index (χ0) is 16.1. The molecule has 0 atom stereocenters. The largest absolute Gasteiger partial charge is 0.301 e. The average Bonchev–Trinajstić information content (AvgIpc) is 3.04. The summed E-state index contributed by atoms with van der Waals surface area (Å²) in [6.45, 7) is 2.07. The van der Waals surface area contributed by atoms with E-state index in [1.165, 1.54) is 54.6 Å². The summed E-state index contributed by atoms with van der Waals surface area (Å²) in [6.07, 6.45) is 7.52. The zero-order valence-electron chi connectivity index (χ0n) is 13.5. The SMILES string of the molecule is Cc1ccc(CCC(=O)Nc2nnc(C3CCCCC3)s2)cc1. The molecule has 3 rings (SSSR count). The number of benzene rings is 1. The number of rotatable bonds is 5. The number of nitrogens with zero attached hydrogens (tertiary/aromatic N) is 2. The number of carbonyl (C=O) groups excluding carboxylic acids is 1. The van der Waals surface area contributed by atoms with Crippen LogP contribution < -0.4 is 5.32 Å². The van der Waals surface area contributed by atoms with Gasteiger partial charge in [-0.15, -0.1) is 10.2 Å². The van der Waals surface area contributed by atoms with Gasteiger partial charge in [-0.05, 0) is 31.7 Å². The van der Waals surface area contributed by atoms with E-state index in [4.69, 9.17) is 0 Å². The van der Waals surface area contributed by atoms with Crippen molar-refractivity contribution in [3.8, 4) is 0 Å². The van der Waals surface area contributed by atoms with E-state index in [0.29, 0.717) is 17.5 Å². The van der Waals surface area contributed by atoms with Gasteiger partial charge in [0.1, 0.15) is 5.01 Å². The van der Waals surface area contributed by atoms with E-state index in [1.807, 2.05) is 0 Å². The lowest BCUT2D eigenvalue weighted by Gasteiger charge is -2.18. The van der Waals surface area contributed by atoms with Gasteiger partial charge in [0.25, 0.3) is 0 Å². The number of nitrogens with one attached hydrogen (secondary N) is 1. The Kier molecular flexibility index (Phi) is 5.39. The Morgan fingerprint density at radius 1 is 1.17 bits per heavy atom. The number of anilines is 1. The third-order valence-electron chi connectivity index (χ3n) is 4.40. The summed E-state index contributed by atoms with van der Waals surface area (Å²) in [5, 5.41) is 13.0. The summed E-state index contributed by atoms with van der Waals surface area (Å²) >= 11 is 1.54. The van der Waals surface area contributed by atoms with E-state index in [2.05, 4.69) is 46.7 Å². The van der Waals surface area contributed by atoms with Crippen molar-refractivity contribution in [2.75, 3.05) is 5.32 Å². The number of amides is 1. The first-order valence-corrected chi connectivity index (χ1v) is 9.21. The van der Waals surface area contributed by atoms with Gasteiger partial charge in [-0.2, -0.15) is 0 Å². The van der Waals surface area contributed by atoms with Crippen LogP contribution in [0.5, 0.6) is 0 Å². The first-order valence-electron chi connectivity index (χ1n) is 8.39. The molecule has 0 aliphatic heterocycles. The van der Waals surface area contributed by atoms with Crippen LogP contribution in [0.4, 0.5) is 5.13 Å². The second-order valence-corrected chi connectivity index (χ2v) is 7.32. The lowest BCUT2D eigenvalue weighted by Crippen LogP contribution is -2.12. The Morgan fingerprint density at radius 2 is 1.91 bits per heavy atom. The van der Waals surface area contributed by atoms with E-state index in [9.17, 15) is 4.79 Å². The predicted octanol–water partition coefficient (Wildman–Crippen LogP) is 4.47. The zero-order valence-corrected chi connectivity index (χ0v) is 14.4. The second kappa shape index (κ2) is 7.68. The Bertz CT molecular complexity index is 645. The normalized spacial score (nSPS) is 15.5. The van der Waals surface area contributed by atoms with E-state index < -0.39 is 0 Å². The summed E-state index contributed by atoms with van der Waals surface area (Å²) < 4.78 is 0. The van der Waals surface area contributed by atoms with Crippen molar-refractivity contribution in [1.82, 2.24) is 10.2 Å². The van der Waals surface area contributed by atoms with Crippen LogP contribution in [0.3, 0.4) is 0 Å². The van der Waals surface area contributed by atoms with Crippen LogP contribution in [0.1, 0.15) is 60.6 Å². The highest BCUT2D eigenvalue weighted by Gasteiger charge is 2.20. The number of aromatic nitrogens is 2. The monoisotopic (exact) mass is 329 g/mol. The van der Waals surface area contributed by atoms with Crippen molar-refractivity contribution in [2.24, 2.45) is 0 Å².